The summed E-state index contributed by atoms with van der Waals surface area (Å²) in [5.41, 5.74) is 0.247. The fourth-order valence-electron chi connectivity index (χ4n) is 1.14. The fourth-order valence-corrected chi connectivity index (χ4v) is 2.37. The maximum absolute atomic E-state index is 12.6. The molecule has 5 heteroatoms. The van der Waals surface area contributed by atoms with Crippen molar-refractivity contribution in [2.45, 2.75) is 19.9 Å². The molecule has 1 aromatic heterocycles. The zero-order valence-corrected chi connectivity index (χ0v) is 11.4. The van der Waals surface area contributed by atoms with Gasteiger partial charge in [-0.25, -0.2) is 9.37 Å². The predicted molar refractivity (Wildman–Crippen MR) is 69.2 cm³/mol. The molecule has 3 nitrogen and oxygen atoms in total. The van der Waals surface area contributed by atoms with Crippen LogP contribution in [0.25, 0.3) is 0 Å². The minimum absolute atomic E-state index is 0.111. The third-order valence-electron chi connectivity index (χ3n) is 2.25. The zero-order valence-electron chi connectivity index (χ0n) is 9.21. The van der Waals surface area contributed by atoms with Gasteiger partial charge in [-0.15, -0.1) is 0 Å². The molecular weight excluding hydrogens is 322 g/mol. The molecule has 1 N–H and O–H groups in total. The van der Waals surface area contributed by atoms with E-state index in [0.29, 0.717) is 5.92 Å². The average Bonchev–Trinajstić information content (AvgIpc) is 2.26. The van der Waals surface area contributed by atoms with E-state index in [1.807, 2.05) is 13.8 Å². The Hall–Kier alpha value is -0.720. The van der Waals surface area contributed by atoms with E-state index in [0.717, 1.165) is 10.6 Å². The zero-order chi connectivity index (χ0) is 12.1. The Labute approximate surface area is 108 Å². The Balaban J connectivity index is 2.68. The molecule has 0 aromatic carbocycles. The highest BCUT2D eigenvalue weighted by Gasteiger charge is 2.16. The molecule has 0 radical (unpaired) electrons. The molecule has 0 aliphatic rings. The highest BCUT2D eigenvalue weighted by Crippen LogP contribution is 2.06. The Kier molecular flexibility index (Phi) is 5.11. The van der Waals surface area contributed by atoms with Gasteiger partial charge in [0, 0.05) is 10.5 Å². The van der Waals surface area contributed by atoms with Crippen LogP contribution in [0, 0.1) is 11.7 Å². The maximum atomic E-state index is 12.6. The molecule has 0 aliphatic carbocycles. The lowest BCUT2D eigenvalue weighted by Crippen LogP contribution is -2.40. The third-order valence-corrected chi connectivity index (χ3v) is 3.20. The Morgan fingerprint density at radius 3 is 2.69 bits per heavy atom. The summed E-state index contributed by atoms with van der Waals surface area (Å²) in [5.74, 6) is -0.331. The number of rotatable bonds is 4. The molecule has 0 fully saturated rings. The first-order valence-corrected chi connectivity index (χ1v) is 6.55. The summed E-state index contributed by atoms with van der Waals surface area (Å²) in [6, 6.07) is 2.73. The van der Waals surface area contributed by atoms with Gasteiger partial charge in [-0.05, 0) is 18.1 Å². The van der Waals surface area contributed by atoms with E-state index in [9.17, 15) is 9.18 Å². The minimum Gasteiger partial charge on any atom is -0.347 e. The minimum atomic E-state index is -0.439. The molecule has 1 unspecified atom stereocenters. The summed E-state index contributed by atoms with van der Waals surface area (Å²) in [7, 11) is 0. The Morgan fingerprint density at radius 2 is 2.25 bits per heavy atom. The lowest BCUT2D eigenvalue weighted by Gasteiger charge is -2.19. The van der Waals surface area contributed by atoms with Crippen LogP contribution < -0.4 is 5.32 Å². The van der Waals surface area contributed by atoms with Crippen molar-refractivity contribution in [2.24, 2.45) is 5.92 Å². The van der Waals surface area contributed by atoms with Gasteiger partial charge in [0.1, 0.15) is 11.5 Å². The Bertz CT molecular complexity index is 354. The molecule has 1 atom stereocenters. The molecule has 1 amide bonds. The first-order chi connectivity index (χ1) is 7.54. The lowest BCUT2D eigenvalue weighted by atomic mass is 10.1. The van der Waals surface area contributed by atoms with Crippen LogP contribution in [0.3, 0.4) is 0 Å². The number of carbonyl (C=O) groups excluding carboxylic acids is 1. The summed E-state index contributed by atoms with van der Waals surface area (Å²) in [4.78, 5) is 15.5. The van der Waals surface area contributed by atoms with Gasteiger partial charge < -0.3 is 5.32 Å². The highest BCUT2D eigenvalue weighted by molar-refractivity contribution is 14.1. The molecule has 0 saturated carbocycles. The normalized spacial score (nSPS) is 12.6. The lowest BCUT2D eigenvalue weighted by molar-refractivity contribution is 0.0927. The molecule has 0 spiro atoms. The van der Waals surface area contributed by atoms with E-state index in [2.05, 4.69) is 32.9 Å². The third kappa shape index (κ3) is 3.70. The van der Waals surface area contributed by atoms with Crippen LogP contribution in [-0.4, -0.2) is 21.4 Å². The van der Waals surface area contributed by atoms with Crippen molar-refractivity contribution in [2.75, 3.05) is 4.43 Å². The second-order valence-electron chi connectivity index (χ2n) is 3.84. The van der Waals surface area contributed by atoms with Crippen molar-refractivity contribution in [1.82, 2.24) is 10.3 Å². The number of nitrogens with one attached hydrogen (secondary N) is 1. The highest BCUT2D eigenvalue weighted by atomic mass is 127. The number of halogens is 2. The smallest absolute Gasteiger partial charge is 0.270 e. The maximum Gasteiger partial charge on any atom is 0.270 e. The standard InChI is InChI=1S/C11H14FIN2O/c1-7(2)10(5-13)15-11(16)9-4-3-8(12)6-14-9/h3-4,6-7,10H,5H2,1-2H3,(H,15,16). The molecule has 88 valence electrons. The SMILES string of the molecule is CC(C)C(CI)NC(=O)c1ccc(F)cn1. The van der Waals surface area contributed by atoms with Gasteiger partial charge in [0.2, 0.25) is 0 Å². The monoisotopic (exact) mass is 336 g/mol. The van der Waals surface area contributed by atoms with Gasteiger partial charge in [-0.2, -0.15) is 0 Å². The van der Waals surface area contributed by atoms with Crippen molar-refractivity contribution in [3.8, 4) is 0 Å². The second kappa shape index (κ2) is 6.12. The largest absolute Gasteiger partial charge is 0.347 e. The summed E-state index contributed by atoms with van der Waals surface area (Å²) in [5, 5.41) is 2.87. The van der Waals surface area contributed by atoms with Crippen molar-refractivity contribution in [3.63, 3.8) is 0 Å². The Morgan fingerprint density at radius 1 is 1.56 bits per heavy atom. The van der Waals surface area contributed by atoms with Gasteiger partial charge in [0.25, 0.3) is 5.91 Å². The van der Waals surface area contributed by atoms with Gasteiger partial charge in [0.05, 0.1) is 6.20 Å². The number of hydrogen-bond donors (Lipinski definition) is 1. The van der Waals surface area contributed by atoms with E-state index in [1.54, 1.807) is 0 Å². The van der Waals surface area contributed by atoms with E-state index in [4.69, 9.17) is 0 Å². The van der Waals surface area contributed by atoms with Crippen LogP contribution in [0.5, 0.6) is 0 Å². The van der Waals surface area contributed by atoms with Gasteiger partial charge in [-0.1, -0.05) is 36.4 Å². The van der Waals surface area contributed by atoms with E-state index in [1.165, 1.54) is 12.1 Å². The number of pyridine rings is 1. The van der Waals surface area contributed by atoms with Crippen molar-refractivity contribution < 1.29 is 9.18 Å². The van der Waals surface area contributed by atoms with Crippen molar-refractivity contribution in [3.05, 3.63) is 29.8 Å². The summed E-state index contributed by atoms with van der Waals surface area (Å²) < 4.78 is 13.4. The van der Waals surface area contributed by atoms with Crippen LogP contribution in [0.4, 0.5) is 4.39 Å². The molecule has 1 aromatic rings. The number of aromatic nitrogens is 1. The fraction of sp³-hybridized carbons (Fsp3) is 0.455. The van der Waals surface area contributed by atoms with E-state index < -0.39 is 5.82 Å². The number of alkyl halides is 1. The molecule has 0 aliphatic heterocycles. The van der Waals surface area contributed by atoms with Gasteiger partial charge in [-0.3, -0.25) is 4.79 Å². The van der Waals surface area contributed by atoms with Crippen LogP contribution in [0.1, 0.15) is 24.3 Å². The quantitative estimate of drug-likeness (QED) is 0.678. The van der Waals surface area contributed by atoms with Crippen LogP contribution >= 0.6 is 22.6 Å². The van der Waals surface area contributed by atoms with Crippen LogP contribution in [0.2, 0.25) is 0 Å². The van der Waals surface area contributed by atoms with Crippen molar-refractivity contribution in [1.29, 1.82) is 0 Å². The summed E-state index contributed by atoms with van der Waals surface area (Å²) in [6.45, 7) is 4.09. The number of nitrogens with zero attached hydrogens (tertiary/aromatic N) is 1. The van der Waals surface area contributed by atoms with Crippen LogP contribution in [0.15, 0.2) is 18.3 Å². The molecule has 16 heavy (non-hydrogen) atoms. The number of carbonyl (C=O) groups is 1. The molecule has 0 saturated heterocycles. The molecular formula is C11H14FIN2O. The summed E-state index contributed by atoms with van der Waals surface area (Å²) in [6.07, 6.45) is 1.04. The van der Waals surface area contributed by atoms with Gasteiger partial charge >= 0.3 is 0 Å². The van der Waals surface area contributed by atoms with Crippen molar-refractivity contribution >= 4 is 28.5 Å². The number of amides is 1. The molecule has 0 bridgehead atoms. The average molecular weight is 336 g/mol. The first kappa shape index (κ1) is 13.3. The van der Waals surface area contributed by atoms with E-state index in [-0.39, 0.29) is 17.6 Å². The van der Waals surface area contributed by atoms with Crippen LogP contribution in [-0.2, 0) is 0 Å². The molecule has 1 rings (SSSR count). The summed E-state index contributed by atoms with van der Waals surface area (Å²) >= 11 is 2.23. The number of hydrogen-bond acceptors (Lipinski definition) is 2. The molecule has 1 heterocycles. The topological polar surface area (TPSA) is 42.0 Å². The second-order valence-corrected chi connectivity index (χ2v) is 4.72. The predicted octanol–water partition coefficient (Wildman–Crippen LogP) is 2.41. The van der Waals surface area contributed by atoms with E-state index >= 15 is 0 Å². The first-order valence-electron chi connectivity index (χ1n) is 5.03. The van der Waals surface area contributed by atoms with Gasteiger partial charge in [0.15, 0.2) is 0 Å².